The zero-order chi connectivity index (χ0) is 55.2. The van der Waals surface area contributed by atoms with Gasteiger partial charge in [-0.15, -0.1) is 0 Å². The predicted molar refractivity (Wildman–Crippen MR) is 283 cm³/mol. The normalized spacial score (nSPS) is 11.0. The van der Waals surface area contributed by atoms with Gasteiger partial charge in [-0.05, 0) is 63.8 Å². The lowest BCUT2D eigenvalue weighted by Crippen LogP contribution is -2.32. The molecule has 0 aliphatic rings. The van der Waals surface area contributed by atoms with Crippen LogP contribution in [0.3, 0.4) is 0 Å². The Morgan fingerprint density at radius 3 is 1.17 bits per heavy atom. The van der Waals surface area contributed by atoms with Crippen molar-refractivity contribution >= 4 is 81.6 Å². The molecular formula is C50H65N17O9. The number of hydrogen-bond acceptors (Lipinski definition) is 11. The second-order valence-corrected chi connectivity index (χ2v) is 18.3. The largest absolute Gasteiger partial charge is 0.356 e. The van der Waals surface area contributed by atoms with Crippen LogP contribution in [0.1, 0.15) is 95.2 Å². The Balaban J connectivity index is 0.885. The van der Waals surface area contributed by atoms with E-state index in [4.69, 9.17) is 0 Å². The van der Waals surface area contributed by atoms with Crippen LogP contribution in [0.5, 0.6) is 0 Å². The van der Waals surface area contributed by atoms with Gasteiger partial charge in [-0.2, -0.15) is 0 Å². The maximum absolute atomic E-state index is 13.3. The SMILES string of the molecule is CN(C)CCCNC(=O)CCNC(=O)c1cc(NC(=O)c2cc(NC(=O)CCNC(=O)c3cc(NC(=O)c4cc(NC(=O)CCCNC(=O)c5cc(NC(=O)c6nccn6C)cn5C)cn4C)cn3C)cn2C)cn1C. The fourth-order valence-electron chi connectivity index (χ4n) is 7.91. The van der Waals surface area contributed by atoms with Gasteiger partial charge in [-0.1, -0.05) is 0 Å². The number of anilines is 5. The van der Waals surface area contributed by atoms with Crippen molar-refractivity contribution < 1.29 is 43.2 Å². The second-order valence-electron chi connectivity index (χ2n) is 18.3. The number of aryl methyl sites for hydroxylation is 6. The average Bonchev–Trinajstić information content (AvgIpc) is 4.23. The van der Waals surface area contributed by atoms with Crippen LogP contribution < -0.4 is 47.9 Å². The highest BCUT2D eigenvalue weighted by atomic mass is 16.2. The van der Waals surface area contributed by atoms with Gasteiger partial charge in [0.05, 0.1) is 28.4 Å². The Hall–Kier alpha value is -9.20. The molecule has 0 aliphatic carbocycles. The van der Waals surface area contributed by atoms with E-state index in [2.05, 4.69) is 52.8 Å². The number of imidazole rings is 1. The molecule has 6 rings (SSSR count). The van der Waals surface area contributed by atoms with Gasteiger partial charge >= 0.3 is 0 Å². The molecule has 9 amide bonds. The molecule has 6 aromatic heterocycles. The van der Waals surface area contributed by atoms with Crippen molar-refractivity contribution in [1.82, 2.24) is 58.6 Å². The third-order valence-electron chi connectivity index (χ3n) is 11.8. The molecule has 0 saturated carbocycles. The molecule has 9 N–H and O–H groups in total. The van der Waals surface area contributed by atoms with E-state index in [-0.39, 0.29) is 85.2 Å². The zero-order valence-electron chi connectivity index (χ0n) is 43.8. The van der Waals surface area contributed by atoms with Crippen LogP contribution in [0.4, 0.5) is 28.4 Å². The summed E-state index contributed by atoms with van der Waals surface area (Å²) in [4.78, 5) is 122. The van der Waals surface area contributed by atoms with Crippen molar-refractivity contribution in [2.75, 3.05) is 73.4 Å². The monoisotopic (exact) mass is 1050 g/mol. The third-order valence-corrected chi connectivity index (χ3v) is 11.8. The predicted octanol–water partition coefficient (Wildman–Crippen LogP) is 1.96. The number of aromatic nitrogens is 7. The van der Waals surface area contributed by atoms with Crippen molar-refractivity contribution in [3.8, 4) is 0 Å². The summed E-state index contributed by atoms with van der Waals surface area (Å²) in [5.74, 6) is -3.40. The lowest BCUT2D eigenvalue weighted by molar-refractivity contribution is -0.121. The molecule has 26 heteroatoms. The summed E-state index contributed by atoms with van der Waals surface area (Å²) in [6.45, 7) is 1.72. The van der Waals surface area contributed by atoms with E-state index in [0.29, 0.717) is 47.1 Å². The van der Waals surface area contributed by atoms with Crippen LogP contribution in [0.2, 0.25) is 0 Å². The van der Waals surface area contributed by atoms with Crippen molar-refractivity contribution in [1.29, 1.82) is 0 Å². The summed E-state index contributed by atoms with van der Waals surface area (Å²) in [6.07, 6.45) is 12.3. The highest BCUT2D eigenvalue weighted by molar-refractivity contribution is 6.07. The molecule has 6 heterocycles. The highest BCUT2D eigenvalue weighted by Crippen LogP contribution is 2.20. The number of nitrogens with one attached hydrogen (secondary N) is 9. The first kappa shape index (κ1) is 56.1. The molecule has 0 bridgehead atoms. The Bertz CT molecular complexity index is 3130. The molecule has 0 fully saturated rings. The Kier molecular flexibility index (Phi) is 18.9. The summed E-state index contributed by atoms with van der Waals surface area (Å²) in [5.41, 5.74) is 3.08. The zero-order valence-corrected chi connectivity index (χ0v) is 43.8. The van der Waals surface area contributed by atoms with Crippen LogP contribution in [0.15, 0.2) is 73.7 Å². The minimum atomic E-state index is -0.503. The molecule has 0 unspecified atom stereocenters. The van der Waals surface area contributed by atoms with Gasteiger partial charge in [-0.3, -0.25) is 43.2 Å². The summed E-state index contributed by atoms with van der Waals surface area (Å²) >= 11 is 0. The van der Waals surface area contributed by atoms with E-state index >= 15 is 0 Å². The van der Waals surface area contributed by atoms with E-state index in [9.17, 15) is 43.2 Å². The maximum Gasteiger partial charge on any atom is 0.291 e. The summed E-state index contributed by atoms with van der Waals surface area (Å²) < 4.78 is 9.30. The van der Waals surface area contributed by atoms with Crippen molar-refractivity contribution in [2.45, 2.75) is 32.1 Å². The van der Waals surface area contributed by atoms with E-state index in [1.54, 1.807) is 99.2 Å². The molecule has 26 nitrogen and oxygen atoms in total. The van der Waals surface area contributed by atoms with Gasteiger partial charge in [0.25, 0.3) is 35.4 Å². The van der Waals surface area contributed by atoms with E-state index in [0.717, 1.165) is 13.0 Å². The topological polar surface area (TPSA) is 308 Å². The van der Waals surface area contributed by atoms with Gasteiger partial charge in [0.2, 0.25) is 17.7 Å². The standard InChI is InChI=1S/C50H65N17O9/c1-61(2)19-10-15-51-41(68)12-16-54-46(72)37-23-33(28-63(37)4)59-49(75)40-22-32(27-67(40)8)57-43(70)13-17-55-47(73)38-24-34(29-64(38)5)58-48(74)39-21-31(26-66(39)7)56-42(69)11-9-14-53-45(71)36-25-35(30-65(36)6)60-50(76)44-52-18-20-62(44)3/h18,20-30H,9-17,19H2,1-8H3,(H,51,68)(H,53,71)(H,54,72)(H,55,73)(H,56,69)(H,57,70)(H,58,74)(H,59,75)(H,60,76). The molecule has 0 radical (unpaired) electrons. The van der Waals surface area contributed by atoms with Crippen LogP contribution in [0, 0.1) is 0 Å². The number of carbonyl (C=O) groups is 9. The Morgan fingerprint density at radius 2 is 0.763 bits per heavy atom. The lowest BCUT2D eigenvalue weighted by Gasteiger charge is -2.10. The third kappa shape index (κ3) is 15.4. The maximum atomic E-state index is 13.3. The van der Waals surface area contributed by atoms with Gasteiger partial charge in [0.15, 0.2) is 5.82 Å². The van der Waals surface area contributed by atoms with Crippen LogP contribution >= 0.6 is 0 Å². The van der Waals surface area contributed by atoms with Gasteiger partial charge in [0.1, 0.15) is 28.5 Å². The molecular weight excluding hydrogens is 983 g/mol. The molecule has 0 spiro atoms. The number of rotatable bonds is 25. The molecule has 0 atom stereocenters. The van der Waals surface area contributed by atoms with Crippen LogP contribution in [0.25, 0.3) is 0 Å². The Labute approximate surface area is 437 Å². The summed E-state index contributed by atoms with van der Waals surface area (Å²) in [6, 6.07) is 7.54. The first-order valence-corrected chi connectivity index (χ1v) is 24.2. The molecule has 0 saturated heterocycles. The molecule has 0 aromatic carbocycles. The average molecular weight is 1050 g/mol. The van der Waals surface area contributed by atoms with Gasteiger partial charge in [0, 0.05) is 131 Å². The second kappa shape index (κ2) is 25.6. The number of hydrogen-bond donors (Lipinski definition) is 9. The molecule has 6 aromatic rings. The fraction of sp³-hybridized carbons (Fsp3) is 0.360. The first-order valence-electron chi connectivity index (χ1n) is 24.2. The fourth-order valence-corrected chi connectivity index (χ4v) is 7.91. The van der Waals surface area contributed by atoms with Crippen LogP contribution in [-0.2, 0) is 56.7 Å². The summed E-state index contributed by atoms with van der Waals surface area (Å²) in [5, 5.41) is 24.8. The lowest BCUT2D eigenvalue weighted by atomic mass is 10.2. The molecule has 0 aliphatic heterocycles. The molecule has 76 heavy (non-hydrogen) atoms. The minimum Gasteiger partial charge on any atom is -0.356 e. The van der Waals surface area contributed by atoms with Gasteiger partial charge in [-0.25, -0.2) is 4.98 Å². The van der Waals surface area contributed by atoms with E-state index < -0.39 is 35.4 Å². The van der Waals surface area contributed by atoms with Crippen LogP contribution in [-0.4, -0.2) is 137 Å². The van der Waals surface area contributed by atoms with Gasteiger partial charge < -0.3 is 80.2 Å². The Morgan fingerprint density at radius 1 is 0.408 bits per heavy atom. The quantitative estimate of drug-likeness (QED) is 0.0374. The minimum absolute atomic E-state index is 0.0249. The van der Waals surface area contributed by atoms with Crippen molar-refractivity contribution in [3.63, 3.8) is 0 Å². The smallest absolute Gasteiger partial charge is 0.291 e. The van der Waals surface area contributed by atoms with Crippen molar-refractivity contribution in [2.24, 2.45) is 42.3 Å². The first-order chi connectivity index (χ1) is 36.1. The molecule has 404 valence electrons. The summed E-state index contributed by atoms with van der Waals surface area (Å²) in [7, 11) is 13.8. The highest BCUT2D eigenvalue weighted by Gasteiger charge is 2.21. The van der Waals surface area contributed by atoms with Crippen molar-refractivity contribution in [3.05, 3.63) is 108 Å². The number of amides is 9. The number of nitrogens with zero attached hydrogens (tertiary/aromatic N) is 8. The van der Waals surface area contributed by atoms with E-state index in [1.165, 1.54) is 44.2 Å². The number of carbonyl (C=O) groups excluding carboxylic acids is 9. The van der Waals surface area contributed by atoms with E-state index in [1.807, 2.05) is 19.0 Å².